The number of hydrogen-bond donors (Lipinski definition) is 1. The van der Waals surface area contributed by atoms with Crippen LogP contribution in [0, 0.1) is 0 Å². The van der Waals surface area contributed by atoms with Gasteiger partial charge in [0.05, 0.1) is 6.20 Å². The standard InChI is InChI=1S/C11H8BrN3O/c12-10-5-3-9(4-6-10)11(16)14-15-8-2-1-7-13-15/h1-8H/p+1. The monoisotopic (exact) mass is 278 g/mol. The molecule has 1 heterocycles. The maximum atomic E-state index is 11.7. The molecule has 1 amide bonds. The van der Waals surface area contributed by atoms with E-state index >= 15 is 0 Å². The van der Waals surface area contributed by atoms with Crippen molar-refractivity contribution < 1.29 is 9.59 Å². The zero-order valence-electron chi connectivity index (χ0n) is 8.30. The minimum Gasteiger partial charge on any atom is -0.263 e. The summed E-state index contributed by atoms with van der Waals surface area (Å²) in [7, 11) is 0. The molecule has 0 aliphatic carbocycles. The van der Waals surface area contributed by atoms with Crippen molar-refractivity contribution in [3.05, 3.63) is 58.8 Å². The van der Waals surface area contributed by atoms with Crippen molar-refractivity contribution in [3.63, 3.8) is 0 Å². The van der Waals surface area contributed by atoms with Crippen LogP contribution in [0.3, 0.4) is 0 Å². The Morgan fingerprint density at radius 1 is 1.25 bits per heavy atom. The van der Waals surface area contributed by atoms with Crippen LogP contribution in [0.5, 0.6) is 0 Å². The van der Waals surface area contributed by atoms with Crippen LogP contribution in [0.4, 0.5) is 0 Å². The highest BCUT2D eigenvalue weighted by atomic mass is 79.9. The van der Waals surface area contributed by atoms with Gasteiger partial charge in [-0.25, -0.2) is 0 Å². The number of halogens is 1. The van der Waals surface area contributed by atoms with Crippen LogP contribution < -0.4 is 10.2 Å². The fraction of sp³-hybridized carbons (Fsp3) is 0. The predicted octanol–water partition coefficient (Wildman–Crippen LogP) is 1.52. The summed E-state index contributed by atoms with van der Waals surface area (Å²) in [6.07, 6.45) is 3.26. The smallest absolute Gasteiger partial charge is 0.263 e. The number of nitrogens with one attached hydrogen (secondary N) is 1. The van der Waals surface area contributed by atoms with E-state index in [-0.39, 0.29) is 5.91 Å². The van der Waals surface area contributed by atoms with Gasteiger partial charge in [0.2, 0.25) is 6.20 Å². The Morgan fingerprint density at radius 2 is 2.00 bits per heavy atom. The van der Waals surface area contributed by atoms with E-state index < -0.39 is 0 Å². The molecule has 0 spiro atoms. The molecule has 4 nitrogen and oxygen atoms in total. The van der Waals surface area contributed by atoms with Gasteiger partial charge in [0.15, 0.2) is 0 Å². The quantitative estimate of drug-likeness (QED) is 0.847. The second kappa shape index (κ2) is 4.85. The first kappa shape index (κ1) is 10.8. The first-order valence-corrected chi connectivity index (χ1v) is 5.45. The van der Waals surface area contributed by atoms with E-state index in [2.05, 4.69) is 26.5 Å². The highest BCUT2D eigenvalue weighted by Gasteiger charge is 2.10. The van der Waals surface area contributed by atoms with Crippen molar-refractivity contribution in [1.82, 2.24) is 5.10 Å². The van der Waals surface area contributed by atoms with E-state index in [9.17, 15) is 4.79 Å². The number of aromatic nitrogens is 2. The molecule has 0 aliphatic rings. The van der Waals surface area contributed by atoms with Crippen LogP contribution in [-0.2, 0) is 0 Å². The van der Waals surface area contributed by atoms with Crippen LogP contribution in [-0.4, -0.2) is 11.0 Å². The molecule has 0 atom stereocenters. The van der Waals surface area contributed by atoms with Crippen molar-refractivity contribution in [1.29, 1.82) is 0 Å². The number of amides is 1. The SMILES string of the molecule is O=C(N[n+]1ccccn1)c1ccc(Br)cc1. The summed E-state index contributed by atoms with van der Waals surface area (Å²) in [6.45, 7) is 0. The molecule has 2 aromatic rings. The summed E-state index contributed by atoms with van der Waals surface area (Å²) in [4.78, 5) is 13.1. The molecule has 0 fully saturated rings. The van der Waals surface area contributed by atoms with Crippen molar-refractivity contribution in [2.45, 2.75) is 0 Å². The average molecular weight is 279 g/mol. The van der Waals surface area contributed by atoms with Gasteiger partial charge in [0, 0.05) is 26.0 Å². The van der Waals surface area contributed by atoms with Crippen LogP contribution in [0.15, 0.2) is 53.3 Å². The Hall–Kier alpha value is -1.75. The molecule has 80 valence electrons. The van der Waals surface area contributed by atoms with Crippen LogP contribution in [0.1, 0.15) is 10.4 Å². The maximum absolute atomic E-state index is 11.7. The van der Waals surface area contributed by atoms with E-state index in [0.29, 0.717) is 5.56 Å². The summed E-state index contributed by atoms with van der Waals surface area (Å²) in [6, 6.07) is 10.7. The third-order valence-electron chi connectivity index (χ3n) is 1.94. The molecular formula is C11H9BrN3O+. The van der Waals surface area contributed by atoms with Crippen molar-refractivity contribution in [2.75, 3.05) is 5.43 Å². The Kier molecular flexibility index (Phi) is 3.26. The minimum absolute atomic E-state index is 0.198. The van der Waals surface area contributed by atoms with Gasteiger partial charge in [-0.2, -0.15) is 0 Å². The molecule has 16 heavy (non-hydrogen) atoms. The molecule has 2 rings (SSSR count). The van der Waals surface area contributed by atoms with E-state index in [1.54, 1.807) is 36.7 Å². The first-order chi connectivity index (χ1) is 7.75. The Balaban J connectivity index is 2.12. The second-order valence-electron chi connectivity index (χ2n) is 3.09. The number of hydrogen-bond acceptors (Lipinski definition) is 2. The highest BCUT2D eigenvalue weighted by Crippen LogP contribution is 2.10. The fourth-order valence-electron chi connectivity index (χ4n) is 1.17. The lowest BCUT2D eigenvalue weighted by Crippen LogP contribution is -2.50. The van der Waals surface area contributed by atoms with Crippen LogP contribution >= 0.6 is 15.9 Å². The molecular weight excluding hydrogens is 270 g/mol. The number of carbonyl (C=O) groups excluding carboxylic acids is 1. The summed E-state index contributed by atoms with van der Waals surface area (Å²) < 4.78 is 0.939. The van der Waals surface area contributed by atoms with Gasteiger partial charge < -0.3 is 0 Å². The molecule has 1 aromatic heterocycles. The Labute approximate surface area is 101 Å². The third-order valence-corrected chi connectivity index (χ3v) is 2.47. The predicted molar refractivity (Wildman–Crippen MR) is 62.3 cm³/mol. The van der Waals surface area contributed by atoms with Gasteiger partial charge in [-0.05, 0) is 30.3 Å². The Morgan fingerprint density at radius 3 is 2.62 bits per heavy atom. The van der Waals surface area contributed by atoms with Gasteiger partial charge in [-0.1, -0.05) is 21.4 Å². The lowest BCUT2D eigenvalue weighted by molar-refractivity contribution is -0.702. The maximum Gasteiger partial charge on any atom is 0.307 e. The molecule has 0 radical (unpaired) electrons. The van der Waals surface area contributed by atoms with Gasteiger partial charge in [-0.3, -0.25) is 4.79 Å². The normalized spacial score (nSPS) is 9.81. The third kappa shape index (κ3) is 2.64. The van der Waals surface area contributed by atoms with Crippen LogP contribution in [0.25, 0.3) is 0 Å². The molecule has 0 saturated heterocycles. The molecule has 1 N–H and O–H groups in total. The minimum atomic E-state index is -0.198. The lowest BCUT2D eigenvalue weighted by atomic mass is 10.2. The van der Waals surface area contributed by atoms with Crippen molar-refractivity contribution in [3.8, 4) is 0 Å². The molecule has 1 aromatic carbocycles. The zero-order chi connectivity index (χ0) is 11.4. The number of rotatable bonds is 2. The first-order valence-electron chi connectivity index (χ1n) is 4.65. The highest BCUT2D eigenvalue weighted by molar-refractivity contribution is 9.10. The molecule has 0 saturated carbocycles. The summed E-state index contributed by atoms with van der Waals surface area (Å²) in [5, 5.41) is 3.94. The summed E-state index contributed by atoms with van der Waals surface area (Å²) in [5.74, 6) is -0.198. The molecule has 0 bridgehead atoms. The average Bonchev–Trinajstić information content (AvgIpc) is 2.31. The van der Waals surface area contributed by atoms with Gasteiger partial charge in [0.1, 0.15) is 0 Å². The largest absolute Gasteiger partial charge is 0.307 e. The van der Waals surface area contributed by atoms with Crippen molar-refractivity contribution >= 4 is 21.8 Å². The van der Waals surface area contributed by atoms with E-state index in [1.807, 2.05) is 12.1 Å². The van der Waals surface area contributed by atoms with Gasteiger partial charge in [-0.15, -0.1) is 0 Å². The van der Waals surface area contributed by atoms with Gasteiger partial charge in [0.25, 0.3) is 0 Å². The second-order valence-corrected chi connectivity index (χ2v) is 4.01. The fourth-order valence-corrected chi connectivity index (χ4v) is 1.43. The summed E-state index contributed by atoms with van der Waals surface area (Å²) >= 11 is 3.31. The van der Waals surface area contributed by atoms with E-state index in [4.69, 9.17) is 0 Å². The molecule has 0 unspecified atom stereocenters. The summed E-state index contributed by atoms with van der Waals surface area (Å²) in [5.41, 5.74) is 3.21. The number of carbonyl (C=O) groups is 1. The molecule has 5 heteroatoms. The zero-order valence-corrected chi connectivity index (χ0v) is 9.89. The van der Waals surface area contributed by atoms with Crippen molar-refractivity contribution in [2.24, 2.45) is 0 Å². The van der Waals surface area contributed by atoms with Gasteiger partial charge >= 0.3 is 5.91 Å². The lowest BCUT2D eigenvalue weighted by Gasteiger charge is -1.98. The van der Waals surface area contributed by atoms with E-state index in [1.165, 1.54) is 4.79 Å². The number of nitrogens with zero attached hydrogens (tertiary/aromatic N) is 2. The topological polar surface area (TPSA) is 45.9 Å². The Bertz CT molecular complexity index is 484. The van der Waals surface area contributed by atoms with E-state index in [0.717, 1.165) is 4.47 Å². The number of benzene rings is 1. The molecule has 0 aliphatic heterocycles. The van der Waals surface area contributed by atoms with Crippen LogP contribution in [0.2, 0.25) is 0 Å².